The molecule has 2 aromatic rings. The van der Waals surface area contributed by atoms with Crippen LogP contribution in [0, 0.1) is 13.8 Å². The first-order valence-corrected chi connectivity index (χ1v) is 8.96. The number of hydrogen-bond donors (Lipinski definition) is 1. The van der Waals surface area contributed by atoms with Crippen molar-refractivity contribution in [3.05, 3.63) is 53.6 Å². The van der Waals surface area contributed by atoms with Gasteiger partial charge in [-0.3, -0.25) is 0 Å². The van der Waals surface area contributed by atoms with Crippen LogP contribution >= 0.6 is 11.8 Å². The number of ether oxygens (including phenoxy) is 2. The maximum atomic E-state index is 5.98. The summed E-state index contributed by atoms with van der Waals surface area (Å²) in [6.45, 7) is 7.31. The SMILES string of the molecule is CCOc1ccc(OCCSC(N)=Nc2cc(C)cc(C)c2)cc1. The fourth-order valence-electron chi connectivity index (χ4n) is 2.28. The third kappa shape index (κ3) is 6.16. The van der Waals surface area contributed by atoms with Gasteiger partial charge in [0.05, 0.1) is 18.9 Å². The predicted octanol–water partition coefficient (Wildman–Crippen LogP) is 4.46. The number of amidine groups is 1. The summed E-state index contributed by atoms with van der Waals surface area (Å²) in [5.74, 6) is 2.42. The van der Waals surface area contributed by atoms with Gasteiger partial charge in [-0.2, -0.15) is 0 Å². The summed E-state index contributed by atoms with van der Waals surface area (Å²) in [7, 11) is 0. The zero-order valence-electron chi connectivity index (χ0n) is 14.4. The molecule has 4 nitrogen and oxygen atoms in total. The highest BCUT2D eigenvalue weighted by Crippen LogP contribution is 2.19. The van der Waals surface area contributed by atoms with Crippen molar-refractivity contribution in [3.63, 3.8) is 0 Å². The predicted molar refractivity (Wildman–Crippen MR) is 103 cm³/mol. The molecule has 0 saturated heterocycles. The molecule has 2 rings (SSSR count). The molecule has 0 fully saturated rings. The molecule has 0 aliphatic carbocycles. The van der Waals surface area contributed by atoms with Gasteiger partial charge >= 0.3 is 0 Å². The average Bonchev–Trinajstić information content (AvgIpc) is 2.52. The van der Waals surface area contributed by atoms with E-state index in [1.807, 2.05) is 43.3 Å². The molecule has 0 amide bonds. The number of nitrogens with zero attached hydrogens (tertiary/aromatic N) is 1. The van der Waals surface area contributed by atoms with Crippen molar-refractivity contribution in [1.82, 2.24) is 0 Å². The number of hydrogen-bond acceptors (Lipinski definition) is 4. The van der Waals surface area contributed by atoms with E-state index in [4.69, 9.17) is 15.2 Å². The smallest absolute Gasteiger partial charge is 0.159 e. The Bertz CT molecular complexity index is 664. The molecule has 2 aromatic carbocycles. The molecule has 0 aliphatic rings. The van der Waals surface area contributed by atoms with Crippen molar-refractivity contribution in [2.45, 2.75) is 20.8 Å². The molecular weight excluding hydrogens is 320 g/mol. The number of benzene rings is 2. The van der Waals surface area contributed by atoms with Gasteiger partial charge in [0.15, 0.2) is 5.17 Å². The topological polar surface area (TPSA) is 56.8 Å². The second-order valence-corrected chi connectivity index (χ2v) is 6.51. The van der Waals surface area contributed by atoms with Crippen molar-refractivity contribution >= 4 is 22.6 Å². The van der Waals surface area contributed by atoms with Crippen molar-refractivity contribution in [3.8, 4) is 11.5 Å². The lowest BCUT2D eigenvalue weighted by molar-refractivity contribution is 0.332. The minimum Gasteiger partial charge on any atom is -0.494 e. The fraction of sp³-hybridized carbons (Fsp3) is 0.316. The van der Waals surface area contributed by atoms with Gasteiger partial charge < -0.3 is 15.2 Å². The molecule has 0 saturated carbocycles. The summed E-state index contributed by atoms with van der Waals surface area (Å²) in [5, 5.41) is 0.551. The number of aryl methyl sites for hydroxylation is 2. The Kier molecular flexibility index (Phi) is 7.00. The van der Waals surface area contributed by atoms with Crippen LogP contribution in [0.3, 0.4) is 0 Å². The first kappa shape index (κ1) is 18.2. The lowest BCUT2D eigenvalue weighted by Gasteiger charge is -2.07. The Balaban J connectivity index is 1.77. The molecule has 0 bridgehead atoms. The van der Waals surface area contributed by atoms with Crippen LogP contribution in [0.2, 0.25) is 0 Å². The Morgan fingerprint density at radius 2 is 1.58 bits per heavy atom. The first-order valence-electron chi connectivity index (χ1n) is 7.97. The Hall–Kier alpha value is -2.14. The van der Waals surface area contributed by atoms with Gasteiger partial charge in [0.1, 0.15) is 11.5 Å². The van der Waals surface area contributed by atoms with Crippen molar-refractivity contribution < 1.29 is 9.47 Å². The number of aliphatic imine (C=N–C) groups is 1. The zero-order chi connectivity index (χ0) is 17.4. The van der Waals surface area contributed by atoms with E-state index < -0.39 is 0 Å². The van der Waals surface area contributed by atoms with Crippen LogP contribution < -0.4 is 15.2 Å². The van der Waals surface area contributed by atoms with E-state index in [9.17, 15) is 0 Å². The van der Waals surface area contributed by atoms with Crippen molar-refractivity contribution in [1.29, 1.82) is 0 Å². The second-order valence-electron chi connectivity index (χ2n) is 5.40. The first-order chi connectivity index (χ1) is 11.6. The lowest BCUT2D eigenvalue weighted by Crippen LogP contribution is -2.10. The maximum Gasteiger partial charge on any atom is 0.159 e. The van der Waals surface area contributed by atoms with E-state index in [1.165, 1.54) is 22.9 Å². The third-order valence-corrected chi connectivity index (χ3v) is 3.94. The van der Waals surface area contributed by atoms with E-state index in [0.717, 1.165) is 22.9 Å². The van der Waals surface area contributed by atoms with E-state index in [2.05, 4.69) is 24.9 Å². The zero-order valence-corrected chi connectivity index (χ0v) is 15.2. The highest BCUT2D eigenvalue weighted by Gasteiger charge is 2.00. The number of rotatable bonds is 7. The average molecular weight is 344 g/mol. The summed E-state index contributed by atoms with van der Waals surface area (Å²) in [5.41, 5.74) is 9.24. The summed E-state index contributed by atoms with van der Waals surface area (Å²) < 4.78 is 11.1. The summed E-state index contributed by atoms with van der Waals surface area (Å²) in [4.78, 5) is 4.44. The van der Waals surface area contributed by atoms with Gasteiger partial charge in [-0.05, 0) is 68.3 Å². The molecule has 0 aromatic heterocycles. The van der Waals surface area contributed by atoms with Gasteiger partial charge in [0.25, 0.3) is 0 Å². The number of thioether (sulfide) groups is 1. The Morgan fingerprint density at radius 1 is 1.00 bits per heavy atom. The van der Waals surface area contributed by atoms with Crippen molar-refractivity contribution in [2.24, 2.45) is 10.7 Å². The molecule has 0 spiro atoms. The molecule has 128 valence electrons. The van der Waals surface area contributed by atoms with Gasteiger partial charge in [0.2, 0.25) is 0 Å². The van der Waals surface area contributed by atoms with Crippen LogP contribution in [-0.2, 0) is 0 Å². The largest absolute Gasteiger partial charge is 0.494 e. The molecule has 24 heavy (non-hydrogen) atoms. The van der Waals surface area contributed by atoms with Gasteiger partial charge in [-0.25, -0.2) is 4.99 Å². The maximum absolute atomic E-state index is 5.98. The van der Waals surface area contributed by atoms with Gasteiger partial charge in [-0.1, -0.05) is 17.8 Å². The van der Waals surface area contributed by atoms with Gasteiger partial charge in [-0.15, -0.1) is 0 Å². The monoisotopic (exact) mass is 344 g/mol. The quantitative estimate of drug-likeness (QED) is 0.458. The fourth-order valence-corrected chi connectivity index (χ4v) is 2.82. The minimum absolute atomic E-state index is 0.551. The molecule has 0 aliphatic heterocycles. The molecule has 2 N–H and O–H groups in total. The van der Waals surface area contributed by atoms with Crippen LogP contribution in [0.25, 0.3) is 0 Å². The highest BCUT2D eigenvalue weighted by atomic mass is 32.2. The van der Waals surface area contributed by atoms with Crippen LogP contribution in [0.5, 0.6) is 11.5 Å². The van der Waals surface area contributed by atoms with Crippen molar-refractivity contribution in [2.75, 3.05) is 19.0 Å². The molecule has 0 heterocycles. The third-order valence-electron chi connectivity index (χ3n) is 3.18. The van der Waals surface area contributed by atoms with E-state index in [-0.39, 0.29) is 0 Å². The molecule has 0 unspecified atom stereocenters. The molecule has 0 atom stereocenters. The lowest BCUT2D eigenvalue weighted by atomic mass is 10.1. The Morgan fingerprint density at radius 3 is 2.17 bits per heavy atom. The summed E-state index contributed by atoms with van der Waals surface area (Å²) in [6, 6.07) is 13.8. The number of nitrogens with two attached hydrogens (primary N) is 1. The molecule has 0 radical (unpaired) electrons. The van der Waals surface area contributed by atoms with E-state index in [1.54, 1.807) is 0 Å². The van der Waals surface area contributed by atoms with Crippen LogP contribution in [0.4, 0.5) is 5.69 Å². The normalized spacial score (nSPS) is 11.4. The summed E-state index contributed by atoms with van der Waals surface area (Å²) >= 11 is 1.49. The van der Waals surface area contributed by atoms with Gasteiger partial charge in [0, 0.05) is 5.75 Å². The second kappa shape index (κ2) is 9.23. The van der Waals surface area contributed by atoms with Crippen LogP contribution in [-0.4, -0.2) is 24.1 Å². The molecular formula is C19H24N2O2S. The Labute approximate surface area is 148 Å². The highest BCUT2D eigenvalue weighted by molar-refractivity contribution is 8.13. The van der Waals surface area contributed by atoms with Crippen LogP contribution in [0.1, 0.15) is 18.1 Å². The van der Waals surface area contributed by atoms with E-state index >= 15 is 0 Å². The molecule has 5 heteroatoms. The van der Waals surface area contributed by atoms with E-state index in [0.29, 0.717) is 18.4 Å². The van der Waals surface area contributed by atoms with Crippen LogP contribution in [0.15, 0.2) is 47.5 Å². The minimum atomic E-state index is 0.551. The summed E-state index contributed by atoms with van der Waals surface area (Å²) in [6.07, 6.45) is 0. The standard InChI is InChI=1S/C19H24N2O2S/c1-4-22-17-5-7-18(8-6-17)23-9-10-24-19(20)21-16-12-14(2)11-15(3)13-16/h5-8,11-13H,4,9-10H2,1-3H3,(H2,20,21).